The van der Waals surface area contributed by atoms with Crippen molar-refractivity contribution in [2.24, 2.45) is 0 Å². The number of carbonyl (C=O) groups excluding carboxylic acids is 1. The summed E-state index contributed by atoms with van der Waals surface area (Å²) in [6, 6.07) is 11.8. The van der Waals surface area contributed by atoms with Crippen LogP contribution in [0.5, 0.6) is 17.2 Å². The molecule has 0 saturated carbocycles. The Bertz CT molecular complexity index is 911. The highest BCUT2D eigenvalue weighted by molar-refractivity contribution is 6.13. The number of ether oxygens (including phenoxy) is 3. The van der Waals surface area contributed by atoms with E-state index in [9.17, 15) is 4.79 Å². The van der Waals surface area contributed by atoms with Crippen LogP contribution in [0.3, 0.4) is 0 Å². The van der Waals surface area contributed by atoms with Gasteiger partial charge in [-0.25, -0.2) is 0 Å². The van der Waals surface area contributed by atoms with Crippen molar-refractivity contribution >= 4 is 5.78 Å². The van der Waals surface area contributed by atoms with Crippen molar-refractivity contribution in [1.82, 2.24) is 4.90 Å². The molecule has 0 aromatic heterocycles. The predicted molar refractivity (Wildman–Crippen MR) is 102 cm³/mol. The van der Waals surface area contributed by atoms with E-state index in [-0.39, 0.29) is 5.78 Å². The third-order valence-corrected chi connectivity index (χ3v) is 4.99. The van der Waals surface area contributed by atoms with Crippen molar-refractivity contribution < 1.29 is 19.0 Å². The number of carbonyl (C=O) groups is 1. The first-order chi connectivity index (χ1) is 13.1. The van der Waals surface area contributed by atoms with Crippen LogP contribution in [0.25, 0.3) is 0 Å². The highest BCUT2D eigenvalue weighted by atomic mass is 16.5. The Morgan fingerprint density at radius 3 is 2.63 bits per heavy atom. The molecule has 2 aliphatic heterocycles. The monoisotopic (exact) mass is 365 g/mol. The van der Waals surface area contributed by atoms with E-state index in [2.05, 4.69) is 17.0 Å². The first-order valence-electron chi connectivity index (χ1n) is 9.11. The van der Waals surface area contributed by atoms with Crippen molar-refractivity contribution in [2.45, 2.75) is 26.8 Å². The number of benzene rings is 2. The van der Waals surface area contributed by atoms with Crippen LogP contribution in [0, 0.1) is 0 Å². The van der Waals surface area contributed by atoms with E-state index >= 15 is 0 Å². The van der Waals surface area contributed by atoms with Gasteiger partial charge < -0.3 is 14.2 Å². The first kappa shape index (κ1) is 17.6. The Balaban J connectivity index is 1.50. The average Bonchev–Trinajstić information content (AvgIpc) is 3.04. The average molecular weight is 365 g/mol. The molecule has 140 valence electrons. The van der Waals surface area contributed by atoms with Gasteiger partial charge in [-0.3, -0.25) is 9.69 Å². The number of Topliss-reactive ketones (excluding diaryl/α,β-unsaturated/α-hetero) is 1. The Morgan fingerprint density at radius 2 is 1.93 bits per heavy atom. The number of ketones is 1. The van der Waals surface area contributed by atoms with E-state index < -0.39 is 0 Å². The molecule has 2 aromatic carbocycles. The van der Waals surface area contributed by atoms with Crippen molar-refractivity contribution in [3.63, 3.8) is 0 Å². The summed E-state index contributed by atoms with van der Waals surface area (Å²) in [5, 5.41) is 0. The van der Waals surface area contributed by atoms with Crippen LogP contribution in [0.2, 0.25) is 0 Å². The molecular weight excluding hydrogens is 342 g/mol. The second kappa shape index (κ2) is 7.08. The van der Waals surface area contributed by atoms with E-state index in [1.54, 1.807) is 13.2 Å². The number of hydrogen-bond donors (Lipinski definition) is 0. The molecule has 0 unspecified atom stereocenters. The molecule has 5 heteroatoms. The van der Waals surface area contributed by atoms with Crippen LogP contribution in [-0.4, -0.2) is 31.1 Å². The normalized spacial score (nSPS) is 15.7. The molecule has 0 aliphatic carbocycles. The summed E-state index contributed by atoms with van der Waals surface area (Å²) >= 11 is 0. The molecule has 5 nitrogen and oxygen atoms in total. The van der Waals surface area contributed by atoms with Crippen molar-refractivity contribution in [2.75, 3.05) is 20.4 Å². The van der Waals surface area contributed by atoms with Gasteiger partial charge in [0, 0.05) is 13.1 Å². The molecule has 0 atom stereocenters. The maximum atomic E-state index is 12.5. The van der Waals surface area contributed by atoms with Gasteiger partial charge in [0.25, 0.3) is 0 Å². The van der Waals surface area contributed by atoms with Gasteiger partial charge in [-0.05, 0) is 55.7 Å². The van der Waals surface area contributed by atoms with Gasteiger partial charge in [0.05, 0.1) is 18.2 Å². The number of allylic oxidation sites excluding steroid dienone is 2. The van der Waals surface area contributed by atoms with Gasteiger partial charge in [-0.15, -0.1) is 0 Å². The molecule has 0 saturated heterocycles. The third kappa shape index (κ3) is 3.30. The van der Waals surface area contributed by atoms with E-state index in [4.69, 9.17) is 14.2 Å². The standard InChI is InChI=1S/C22H23NO4/c1-14(2)21-20(24)17-8-9-19-18(22(17)27-21)12-23(13-26-19)11-10-15-4-6-16(25-3)7-5-15/h4-9H,10-13H2,1-3H3. The summed E-state index contributed by atoms with van der Waals surface area (Å²) in [7, 11) is 1.67. The molecule has 0 fully saturated rings. The summed E-state index contributed by atoms with van der Waals surface area (Å²) in [6.45, 7) is 5.88. The first-order valence-corrected chi connectivity index (χ1v) is 9.11. The zero-order chi connectivity index (χ0) is 19.0. The smallest absolute Gasteiger partial charge is 0.231 e. The van der Waals surface area contributed by atoms with E-state index in [0.29, 0.717) is 30.3 Å². The molecule has 0 amide bonds. The predicted octanol–water partition coefficient (Wildman–Crippen LogP) is 3.96. The Morgan fingerprint density at radius 1 is 1.15 bits per heavy atom. The van der Waals surface area contributed by atoms with E-state index in [1.165, 1.54) is 5.56 Å². The SMILES string of the molecule is COc1ccc(CCN2COc3ccc4c(c3C2)OC(=C(C)C)C4=O)cc1. The van der Waals surface area contributed by atoms with Crippen LogP contribution in [-0.2, 0) is 13.0 Å². The van der Waals surface area contributed by atoms with Crippen LogP contribution >= 0.6 is 0 Å². The summed E-state index contributed by atoms with van der Waals surface area (Å²) in [5.74, 6) is 2.72. The molecule has 0 radical (unpaired) electrons. The minimum absolute atomic E-state index is 0.0387. The molecule has 0 N–H and O–H groups in total. The molecule has 0 spiro atoms. The Labute approximate surface area is 159 Å². The van der Waals surface area contributed by atoms with Gasteiger partial charge >= 0.3 is 0 Å². The number of fused-ring (bicyclic) bond motifs is 3. The molecule has 2 heterocycles. The minimum Gasteiger partial charge on any atom is -0.497 e. The van der Waals surface area contributed by atoms with Crippen LogP contribution in [0.4, 0.5) is 0 Å². The van der Waals surface area contributed by atoms with Gasteiger partial charge in [-0.2, -0.15) is 0 Å². The van der Waals surface area contributed by atoms with Crippen molar-refractivity contribution in [3.8, 4) is 17.2 Å². The van der Waals surface area contributed by atoms with Gasteiger partial charge in [0.15, 0.2) is 5.76 Å². The van der Waals surface area contributed by atoms with Gasteiger partial charge in [0.2, 0.25) is 5.78 Å². The summed E-state index contributed by atoms with van der Waals surface area (Å²) < 4.78 is 17.0. The lowest BCUT2D eigenvalue weighted by Crippen LogP contribution is -2.33. The highest BCUT2D eigenvalue weighted by Gasteiger charge is 2.34. The molecule has 2 aliphatic rings. The lowest BCUT2D eigenvalue weighted by atomic mass is 10.0. The maximum Gasteiger partial charge on any atom is 0.231 e. The lowest BCUT2D eigenvalue weighted by Gasteiger charge is -2.29. The molecule has 27 heavy (non-hydrogen) atoms. The highest BCUT2D eigenvalue weighted by Crippen LogP contribution is 2.42. The zero-order valence-corrected chi connectivity index (χ0v) is 15.9. The topological polar surface area (TPSA) is 48.0 Å². The lowest BCUT2D eigenvalue weighted by molar-refractivity contribution is 0.0949. The van der Waals surface area contributed by atoms with Crippen molar-refractivity contribution in [3.05, 3.63) is 64.4 Å². The van der Waals surface area contributed by atoms with Crippen LogP contribution < -0.4 is 14.2 Å². The number of methoxy groups -OCH3 is 1. The second-order valence-corrected chi connectivity index (χ2v) is 7.10. The maximum absolute atomic E-state index is 12.5. The minimum atomic E-state index is -0.0387. The van der Waals surface area contributed by atoms with Gasteiger partial charge in [0.1, 0.15) is 24.0 Å². The summed E-state index contributed by atoms with van der Waals surface area (Å²) in [5.41, 5.74) is 3.72. The number of rotatable bonds is 4. The Hall–Kier alpha value is -2.79. The molecule has 4 rings (SSSR count). The quantitative estimate of drug-likeness (QED) is 0.768. The fraction of sp³-hybridized carbons (Fsp3) is 0.318. The van der Waals surface area contributed by atoms with Crippen molar-refractivity contribution in [1.29, 1.82) is 0 Å². The van der Waals surface area contributed by atoms with E-state index in [0.717, 1.165) is 35.6 Å². The third-order valence-electron chi connectivity index (χ3n) is 4.99. The fourth-order valence-corrected chi connectivity index (χ4v) is 3.44. The molecule has 0 bridgehead atoms. The van der Waals surface area contributed by atoms with E-state index in [1.807, 2.05) is 32.0 Å². The molecule has 2 aromatic rings. The molecular formula is C22H23NO4. The largest absolute Gasteiger partial charge is 0.497 e. The fourth-order valence-electron chi connectivity index (χ4n) is 3.44. The zero-order valence-electron chi connectivity index (χ0n) is 15.9. The summed E-state index contributed by atoms with van der Waals surface area (Å²) in [6.07, 6.45) is 0.913. The van der Waals surface area contributed by atoms with Crippen LogP contribution in [0.15, 0.2) is 47.7 Å². The number of nitrogens with zero attached hydrogens (tertiary/aromatic N) is 1. The second-order valence-electron chi connectivity index (χ2n) is 7.10. The Kier molecular flexibility index (Phi) is 4.62. The summed E-state index contributed by atoms with van der Waals surface area (Å²) in [4.78, 5) is 14.7. The van der Waals surface area contributed by atoms with Crippen LogP contribution in [0.1, 0.15) is 35.3 Å². The number of hydrogen-bond acceptors (Lipinski definition) is 5. The van der Waals surface area contributed by atoms with Gasteiger partial charge in [-0.1, -0.05) is 12.1 Å².